The second-order valence-corrected chi connectivity index (χ2v) is 5.60. The number of phenolic OH excluding ortho intramolecular Hbond substituents is 1. The summed E-state index contributed by atoms with van der Waals surface area (Å²) in [6, 6.07) is 7.63. The summed E-state index contributed by atoms with van der Waals surface area (Å²) in [7, 11) is 0. The van der Waals surface area contributed by atoms with E-state index in [4.69, 9.17) is 0 Å². The number of rotatable bonds is 11. The van der Waals surface area contributed by atoms with Gasteiger partial charge >= 0.3 is 0 Å². The highest BCUT2D eigenvalue weighted by Gasteiger charge is 1.95. The van der Waals surface area contributed by atoms with Gasteiger partial charge < -0.3 is 10.6 Å². The minimum absolute atomic E-state index is 0. The van der Waals surface area contributed by atoms with Crippen LogP contribution in [0.1, 0.15) is 76.7 Å². The fourth-order valence-electron chi connectivity index (χ4n) is 2.48. The third-order valence-electron chi connectivity index (χ3n) is 3.76. The maximum Gasteiger partial charge on any atom is 0.115 e. The molecule has 1 rings (SSSR count). The van der Waals surface area contributed by atoms with Crippen molar-refractivity contribution in [2.45, 2.75) is 77.6 Å². The van der Waals surface area contributed by atoms with Crippen LogP contribution in [-0.4, -0.2) is 10.6 Å². The van der Waals surface area contributed by atoms with E-state index >= 15 is 0 Å². The van der Waals surface area contributed by atoms with Crippen LogP contribution < -0.4 is 0 Å². The lowest BCUT2D eigenvalue weighted by atomic mass is 10.0. The molecule has 3 N–H and O–H groups in total. The Morgan fingerprint density at radius 2 is 1.15 bits per heavy atom. The first kappa shape index (κ1) is 19.0. The molecule has 116 valence electrons. The van der Waals surface area contributed by atoms with Crippen LogP contribution in [0.2, 0.25) is 0 Å². The van der Waals surface area contributed by atoms with E-state index in [-0.39, 0.29) is 5.48 Å². The molecule has 2 heteroatoms. The van der Waals surface area contributed by atoms with Crippen LogP contribution in [-0.2, 0) is 6.42 Å². The van der Waals surface area contributed by atoms with Crippen molar-refractivity contribution in [3.63, 3.8) is 0 Å². The van der Waals surface area contributed by atoms with E-state index in [0.717, 1.165) is 6.42 Å². The van der Waals surface area contributed by atoms with Crippen molar-refractivity contribution >= 4 is 0 Å². The molecule has 0 aliphatic rings. The number of aromatic hydroxyl groups is 1. The first-order valence-corrected chi connectivity index (χ1v) is 8.11. The summed E-state index contributed by atoms with van der Waals surface area (Å²) in [5, 5.41) is 9.20. The van der Waals surface area contributed by atoms with Crippen molar-refractivity contribution in [2.24, 2.45) is 0 Å². The lowest BCUT2D eigenvalue weighted by Gasteiger charge is -2.03. The molecule has 0 unspecified atom stereocenters. The number of unbranched alkanes of at least 4 members (excludes halogenated alkanes) is 9. The molecule has 0 saturated carbocycles. The van der Waals surface area contributed by atoms with Gasteiger partial charge in [0, 0.05) is 0 Å². The van der Waals surface area contributed by atoms with Gasteiger partial charge in [0.1, 0.15) is 5.75 Å². The van der Waals surface area contributed by atoms with Gasteiger partial charge in [-0.2, -0.15) is 0 Å². The molecular formula is C18H32O2. The van der Waals surface area contributed by atoms with E-state index in [1.54, 1.807) is 12.1 Å². The molecule has 0 saturated heterocycles. The predicted molar refractivity (Wildman–Crippen MR) is 87.3 cm³/mol. The molecular weight excluding hydrogens is 248 g/mol. The quantitative estimate of drug-likeness (QED) is 0.568. The third kappa shape index (κ3) is 9.85. The Hall–Kier alpha value is -1.02. The molecule has 20 heavy (non-hydrogen) atoms. The van der Waals surface area contributed by atoms with Crippen molar-refractivity contribution in [3.05, 3.63) is 29.8 Å². The molecule has 0 radical (unpaired) electrons. The summed E-state index contributed by atoms with van der Waals surface area (Å²) in [5.41, 5.74) is 1.34. The molecule has 1 aromatic rings. The Balaban J connectivity index is 0.00000361. The predicted octanol–water partition coefficient (Wildman–Crippen LogP) is 5.03. The van der Waals surface area contributed by atoms with Gasteiger partial charge in [-0.3, -0.25) is 0 Å². The minimum atomic E-state index is 0. The summed E-state index contributed by atoms with van der Waals surface area (Å²) in [5.74, 6) is 0.367. The van der Waals surface area contributed by atoms with E-state index < -0.39 is 0 Å². The van der Waals surface area contributed by atoms with E-state index in [1.165, 1.54) is 69.8 Å². The highest BCUT2D eigenvalue weighted by atomic mass is 16.3. The Labute approximate surface area is 124 Å². The average Bonchev–Trinajstić information content (AvgIpc) is 2.43. The van der Waals surface area contributed by atoms with Crippen LogP contribution in [0.5, 0.6) is 5.75 Å². The molecule has 0 aliphatic carbocycles. The number of hydrogen-bond donors (Lipinski definition) is 1. The summed E-state index contributed by atoms with van der Waals surface area (Å²) >= 11 is 0. The molecule has 0 heterocycles. The van der Waals surface area contributed by atoms with Crippen molar-refractivity contribution in [1.29, 1.82) is 0 Å². The van der Waals surface area contributed by atoms with Gasteiger partial charge in [-0.1, -0.05) is 76.8 Å². The topological polar surface area (TPSA) is 51.7 Å². The Kier molecular flexibility index (Phi) is 12.3. The molecule has 0 fully saturated rings. The monoisotopic (exact) mass is 280 g/mol. The summed E-state index contributed by atoms with van der Waals surface area (Å²) < 4.78 is 0. The molecule has 0 atom stereocenters. The molecule has 0 bridgehead atoms. The lowest BCUT2D eigenvalue weighted by molar-refractivity contribution is 0.475. The Morgan fingerprint density at radius 1 is 0.700 bits per heavy atom. The molecule has 0 aromatic heterocycles. The van der Waals surface area contributed by atoms with Crippen molar-refractivity contribution in [2.75, 3.05) is 0 Å². The van der Waals surface area contributed by atoms with Crippen molar-refractivity contribution < 1.29 is 10.6 Å². The largest absolute Gasteiger partial charge is 0.508 e. The van der Waals surface area contributed by atoms with Gasteiger partial charge in [-0.25, -0.2) is 0 Å². The number of aryl methyl sites for hydroxylation is 1. The van der Waals surface area contributed by atoms with Gasteiger partial charge in [0.25, 0.3) is 0 Å². The Bertz CT molecular complexity index is 306. The zero-order valence-electron chi connectivity index (χ0n) is 13.0. The highest BCUT2D eigenvalue weighted by molar-refractivity contribution is 5.25. The lowest BCUT2D eigenvalue weighted by Crippen LogP contribution is -1.86. The van der Waals surface area contributed by atoms with E-state index in [0.29, 0.717) is 5.75 Å². The first-order chi connectivity index (χ1) is 9.33. The van der Waals surface area contributed by atoms with Crippen LogP contribution in [0.4, 0.5) is 0 Å². The fourth-order valence-corrected chi connectivity index (χ4v) is 2.48. The maximum absolute atomic E-state index is 9.20. The van der Waals surface area contributed by atoms with Crippen LogP contribution >= 0.6 is 0 Å². The second kappa shape index (κ2) is 13.0. The minimum Gasteiger partial charge on any atom is -0.508 e. The smallest absolute Gasteiger partial charge is 0.115 e. The fraction of sp³-hybridized carbons (Fsp3) is 0.667. The molecule has 0 aliphatic heterocycles. The second-order valence-electron chi connectivity index (χ2n) is 5.60. The van der Waals surface area contributed by atoms with Gasteiger partial charge in [0.2, 0.25) is 0 Å². The first-order valence-electron chi connectivity index (χ1n) is 8.11. The van der Waals surface area contributed by atoms with Crippen LogP contribution in [0.15, 0.2) is 24.3 Å². The van der Waals surface area contributed by atoms with Crippen LogP contribution in [0, 0.1) is 0 Å². The number of phenols is 1. The van der Waals surface area contributed by atoms with Crippen molar-refractivity contribution in [1.82, 2.24) is 0 Å². The molecule has 0 amide bonds. The average molecular weight is 280 g/mol. The maximum atomic E-state index is 9.20. The number of benzene rings is 1. The summed E-state index contributed by atoms with van der Waals surface area (Å²) in [6.45, 7) is 2.27. The van der Waals surface area contributed by atoms with Gasteiger partial charge in [-0.15, -0.1) is 0 Å². The molecule has 0 spiro atoms. The van der Waals surface area contributed by atoms with Crippen LogP contribution in [0.3, 0.4) is 0 Å². The summed E-state index contributed by atoms with van der Waals surface area (Å²) in [4.78, 5) is 0. The highest BCUT2D eigenvalue weighted by Crippen LogP contribution is 2.14. The number of hydrogen-bond acceptors (Lipinski definition) is 1. The standard InChI is InChI=1S/C18H30O.H2O/c1-2-3-4-5-6-7-8-9-10-11-12-17-13-15-18(19)16-14-17;/h13-16,19H,2-12H2,1H3;1H2. The molecule has 2 nitrogen and oxygen atoms in total. The third-order valence-corrected chi connectivity index (χ3v) is 3.76. The molecule has 1 aromatic carbocycles. The van der Waals surface area contributed by atoms with E-state index in [1.807, 2.05) is 12.1 Å². The van der Waals surface area contributed by atoms with Crippen molar-refractivity contribution in [3.8, 4) is 5.75 Å². The zero-order valence-corrected chi connectivity index (χ0v) is 13.0. The van der Waals surface area contributed by atoms with E-state index in [9.17, 15) is 5.11 Å². The van der Waals surface area contributed by atoms with E-state index in [2.05, 4.69) is 6.92 Å². The van der Waals surface area contributed by atoms with Gasteiger partial charge in [-0.05, 0) is 30.5 Å². The Morgan fingerprint density at radius 3 is 1.65 bits per heavy atom. The normalized spacial score (nSPS) is 10.2. The van der Waals surface area contributed by atoms with Gasteiger partial charge in [0.05, 0.1) is 0 Å². The summed E-state index contributed by atoms with van der Waals surface area (Å²) in [6.07, 6.45) is 15.0. The van der Waals surface area contributed by atoms with Crippen LogP contribution in [0.25, 0.3) is 0 Å². The SMILES string of the molecule is CCCCCCCCCCCCc1ccc(O)cc1.O. The zero-order chi connectivity index (χ0) is 13.8. The van der Waals surface area contributed by atoms with Gasteiger partial charge in [0.15, 0.2) is 0 Å².